The SMILES string of the molecule is CO/N=C(C)/C(C)=N/Oc1ccccc1C(=O)C(=O)O. The maximum atomic E-state index is 11.5. The smallest absolute Gasteiger partial charge is 0.377 e. The molecule has 1 N–H and O–H groups in total. The molecule has 0 radical (unpaired) electrons. The van der Waals surface area contributed by atoms with Crippen LogP contribution in [-0.4, -0.2) is 35.4 Å². The first-order chi connectivity index (χ1) is 9.47. The van der Waals surface area contributed by atoms with Crippen molar-refractivity contribution in [3.8, 4) is 5.75 Å². The highest BCUT2D eigenvalue weighted by molar-refractivity contribution is 6.41. The molecule has 0 aromatic heterocycles. The quantitative estimate of drug-likeness (QED) is 0.370. The Balaban J connectivity index is 3.00. The molecule has 0 heterocycles. The van der Waals surface area contributed by atoms with Crippen molar-refractivity contribution in [1.29, 1.82) is 0 Å². The van der Waals surface area contributed by atoms with Crippen molar-refractivity contribution in [2.75, 3.05) is 7.11 Å². The van der Waals surface area contributed by atoms with E-state index in [0.717, 1.165) is 0 Å². The molecule has 0 fully saturated rings. The van der Waals surface area contributed by atoms with Crippen LogP contribution in [0.2, 0.25) is 0 Å². The zero-order valence-corrected chi connectivity index (χ0v) is 11.3. The average molecular weight is 278 g/mol. The molecular formula is C13H14N2O5. The molecule has 0 bridgehead atoms. The number of ketones is 1. The summed E-state index contributed by atoms with van der Waals surface area (Å²) >= 11 is 0. The van der Waals surface area contributed by atoms with Gasteiger partial charge in [0.1, 0.15) is 18.5 Å². The van der Waals surface area contributed by atoms with Crippen molar-refractivity contribution in [2.24, 2.45) is 10.3 Å². The van der Waals surface area contributed by atoms with Crippen LogP contribution in [0.5, 0.6) is 5.75 Å². The Hall–Kier alpha value is -2.70. The summed E-state index contributed by atoms with van der Waals surface area (Å²) in [5, 5.41) is 16.2. The van der Waals surface area contributed by atoms with Gasteiger partial charge in [0.25, 0.3) is 5.78 Å². The van der Waals surface area contributed by atoms with Gasteiger partial charge in [0.05, 0.1) is 5.56 Å². The summed E-state index contributed by atoms with van der Waals surface area (Å²) in [5.74, 6) is -2.56. The first kappa shape index (κ1) is 15.4. The minimum atomic E-state index is -1.56. The van der Waals surface area contributed by atoms with Gasteiger partial charge in [0.2, 0.25) is 0 Å². The van der Waals surface area contributed by atoms with E-state index in [1.54, 1.807) is 19.9 Å². The fourth-order valence-corrected chi connectivity index (χ4v) is 1.24. The highest BCUT2D eigenvalue weighted by atomic mass is 16.6. The lowest BCUT2D eigenvalue weighted by atomic mass is 10.1. The van der Waals surface area contributed by atoms with Gasteiger partial charge in [-0.1, -0.05) is 22.4 Å². The van der Waals surface area contributed by atoms with E-state index in [-0.39, 0.29) is 11.3 Å². The Labute approximate surface area is 115 Å². The summed E-state index contributed by atoms with van der Waals surface area (Å²) in [5.41, 5.74) is 0.858. The fourth-order valence-electron chi connectivity index (χ4n) is 1.24. The van der Waals surface area contributed by atoms with Gasteiger partial charge in [0, 0.05) is 0 Å². The maximum Gasteiger partial charge on any atom is 0.377 e. The van der Waals surface area contributed by atoms with Gasteiger partial charge in [-0.2, -0.15) is 0 Å². The fraction of sp³-hybridized carbons (Fsp3) is 0.231. The Morgan fingerprint density at radius 1 is 1.10 bits per heavy atom. The van der Waals surface area contributed by atoms with E-state index in [1.165, 1.54) is 25.3 Å². The van der Waals surface area contributed by atoms with Gasteiger partial charge >= 0.3 is 5.97 Å². The number of oxime groups is 2. The summed E-state index contributed by atoms with van der Waals surface area (Å²) in [7, 11) is 1.40. The number of para-hydroxylation sites is 1. The van der Waals surface area contributed by atoms with Crippen LogP contribution < -0.4 is 4.84 Å². The third-order valence-electron chi connectivity index (χ3n) is 2.36. The second-order valence-corrected chi connectivity index (χ2v) is 3.76. The van der Waals surface area contributed by atoms with E-state index in [0.29, 0.717) is 11.4 Å². The molecule has 20 heavy (non-hydrogen) atoms. The van der Waals surface area contributed by atoms with Gasteiger partial charge in [-0.05, 0) is 26.0 Å². The summed E-state index contributed by atoms with van der Waals surface area (Å²) in [6, 6.07) is 5.95. The lowest BCUT2D eigenvalue weighted by molar-refractivity contribution is -0.131. The van der Waals surface area contributed by atoms with Gasteiger partial charge < -0.3 is 14.8 Å². The standard InChI is InChI=1S/C13H14N2O5/c1-8(14-19-3)9(2)15-20-11-7-5-4-6-10(11)12(16)13(17)18/h4-7H,1-3H3,(H,17,18)/b14-8+,15-9+. The molecule has 0 aliphatic carbocycles. The van der Waals surface area contributed by atoms with Crippen molar-refractivity contribution in [3.05, 3.63) is 29.8 Å². The van der Waals surface area contributed by atoms with E-state index in [1.807, 2.05) is 0 Å². The number of carboxylic acid groups (broad SMARTS) is 1. The van der Waals surface area contributed by atoms with E-state index < -0.39 is 11.8 Å². The van der Waals surface area contributed by atoms with Gasteiger partial charge in [-0.25, -0.2) is 4.79 Å². The molecule has 0 spiro atoms. The molecule has 0 atom stereocenters. The van der Waals surface area contributed by atoms with Crippen molar-refractivity contribution in [3.63, 3.8) is 0 Å². The topological polar surface area (TPSA) is 97.6 Å². The minimum absolute atomic E-state index is 0.0597. The number of Topliss-reactive ketones (excluding diaryl/α,β-unsaturated/α-hetero) is 1. The number of rotatable bonds is 6. The summed E-state index contributed by atoms with van der Waals surface area (Å²) < 4.78 is 0. The molecule has 1 rings (SSSR count). The molecule has 0 unspecified atom stereocenters. The minimum Gasteiger partial charge on any atom is -0.475 e. The number of carbonyl (C=O) groups is 2. The molecule has 7 nitrogen and oxygen atoms in total. The first-order valence-corrected chi connectivity index (χ1v) is 5.63. The average Bonchev–Trinajstić information content (AvgIpc) is 2.44. The Kier molecular flexibility index (Phi) is 5.40. The number of hydrogen-bond acceptors (Lipinski definition) is 6. The van der Waals surface area contributed by atoms with Crippen LogP contribution in [-0.2, 0) is 9.63 Å². The number of nitrogens with zero attached hydrogens (tertiary/aromatic N) is 2. The molecule has 106 valence electrons. The third kappa shape index (κ3) is 3.91. The number of hydrogen-bond donors (Lipinski definition) is 1. The van der Waals surface area contributed by atoms with Crippen LogP contribution in [0.3, 0.4) is 0 Å². The third-order valence-corrected chi connectivity index (χ3v) is 2.36. The van der Waals surface area contributed by atoms with Crippen LogP contribution in [0, 0.1) is 0 Å². The van der Waals surface area contributed by atoms with Crippen molar-refractivity contribution >= 4 is 23.2 Å². The van der Waals surface area contributed by atoms with Gasteiger partial charge in [0.15, 0.2) is 5.75 Å². The van der Waals surface area contributed by atoms with Crippen LogP contribution in [0.4, 0.5) is 0 Å². The van der Waals surface area contributed by atoms with Crippen LogP contribution in [0.15, 0.2) is 34.6 Å². The normalized spacial score (nSPS) is 11.9. The molecule has 0 saturated heterocycles. The highest BCUT2D eigenvalue weighted by Crippen LogP contribution is 2.19. The highest BCUT2D eigenvalue weighted by Gasteiger charge is 2.19. The van der Waals surface area contributed by atoms with Crippen LogP contribution in [0.25, 0.3) is 0 Å². The van der Waals surface area contributed by atoms with Gasteiger partial charge in [-0.15, -0.1) is 0 Å². The van der Waals surface area contributed by atoms with Crippen molar-refractivity contribution in [1.82, 2.24) is 0 Å². The molecule has 0 saturated carbocycles. The summed E-state index contributed by atoms with van der Waals surface area (Å²) in [4.78, 5) is 31.9. The van der Waals surface area contributed by atoms with Crippen LogP contribution >= 0.6 is 0 Å². The molecule has 0 amide bonds. The summed E-state index contributed by atoms with van der Waals surface area (Å²) in [6.07, 6.45) is 0. The number of carboxylic acids is 1. The van der Waals surface area contributed by atoms with Crippen LogP contribution in [0.1, 0.15) is 24.2 Å². The predicted octanol–water partition coefficient (Wildman–Crippen LogP) is 1.73. The molecule has 0 aliphatic rings. The zero-order valence-electron chi connectivity index (χ0n) is 11.3. The number of carbonyl (C=O) groups excluding carboxylic acids is 1. The van der Waals surface area contributed by atoms with E-state index in [2.05, 4.69) is 15.1 Å². The van der Waals surface area contributed by atoms with Crippen molar-refractivity contribution < 1.29 is 24.4 Å². The Morgan fingerprint density at radius 3 is 2.30 bits per heavy atom. The van der Waals surface area contributed by atoms with E-state index >= 15 is 0 Å². The molecule has 7 heteroatoms. The number of aliphatic carboxylic acids is 1. The molecular weight excluding hydrogens is 264 g/mol. The number of benzene rings is 1. The van der Waals surface area contributed by atoms with E-state index in [4.69, 9.17) is 9.94 Å². The maximum absolute atomic E-state index is 11.5. The van der Waals surface area contributed by atoms with Gasteiger partial charge in [-0.3, -0.25) is 4.79 Å². The second kappa shape index (κ2) is 7.03. The van der Waals surface area contributed by atoms with E-state index in [9.17, 15) is 9.59 Å². The first-order valence-electron chi connectivity index (χ1n) is 5.63. The largest absolute Gasteiger partial charge is 0.475 e. The van der Waals surface area contributed by atoms with Crippen molar-refractivity contribution in [2.45, 2.75) is 13.8 Å². The Bertz CT molecular complexity index is 578. The Morgan fingerprint density at radius 2 is 1.70 bits per heavy atom. The predicted molar refractivity (Wildman–Crippen MR) is 72.3 cm³/mol. The summed E-state index contributed by atoms with van der Waals surface area (Å²) in [6.45, 7) is 3.31. The monoisotopic (exact) mass is 278 g/mol. The zero-order chi connectivity index (χ0) is 15.1. The molecule has 0 aliphatic heterocycles. The molecule has 1 aromatic rings. The lowest BCUT2D eigenvalue weighted by Crippen LogP contribution is -2.14. The molecule has 1 aromatic carbocycles. The second-order valence-electron chi connectivity index (χ2n) is 3.76. The lowest BCUT2D eigenvalue weighted by Gasteiger charge is -2.05.